The van der Waals surface area contributed by atoms with Crippen molar-refractivity contribution in [2.75, 3.05) is 6.61 Å². The van der Waals surface area contributed by atoms with Crippen molar-refractivity contribution in [1.82, 2.24) is 0 Å². The van der Waals surface area contributed by atoms with Gasteiger partial charge in [0, 0.05) is 6.04 Å². The maximum Gasteiger partial charge on any atom is 0.122 e. The van der Waals surface area contributed by atoms with Crippen molar-refractivity contribution in [2.24, 2.45) is 5.73 Å². The zero-order chi connectivity index (χ0) is 16.0. The summed E-state index contributed by atoms with van der Waals surface area (Å²) < 4.78 is 5.83. The molecule has 2 nitrogen and oxygen atoms in total. The lowest BCUT2D eigenvalue weighted by Crippen LogP contribution is -2.19. The van der Waals surface area contributed by atoms with Gasteiger partial charge in [-0.2, -0.15) is 0 Å². The van der Waals surface area contributed by atoms with Gasteiger partial charge in [-0.1, -0.05) is 46.8 Å². The number of ether oxygens (including phenoxy) is 1. The monoisotopic (exact) mass is 291 g/mol. The normalized spacial score (nSPS) is 14.8. The van der Waals surface area contributed by atoms with Crippen molar-refractivity contribution in [1.29, 1.82) is 0 Å². The highest BCUT2D eigenvalue weighted by Crippen LogP contribution is 2.34. The highest BCUT2D eigenvalue weighted by Gasteiger charge is 2.19. The molecule has 0 saturated carbocycles. The van der Waals surface area contributed by atoms with Crippen LogP contribution in [0, 0.1) is 0 Å². The Labute approximate surface area is 131 Å². The van der Waals surface area contributed by atoms with E-state index in [0.29, 0.717) is 18.6 Å². The molecule has 0 aliphatic heterocycles. The van der Waals surface area contributed by atoms with Crippen molar-refractivity contribution >= 4 is 0 Å². The average Bonchev–Trinajstić information content (AvgIpc) is 2.43. The number of hydrogen-bond acceptors (Lipinski definition) is 2. The van der Waals surface area contributed by atoms with Gasteiger partial charge in [0.2, 0.25) is 0 Å². The van der Waals surface area contributed by atoms with Gasteiger partial charge < -0.3 is 10.5 Å². The van der Waals surface area contributed by atoms with Crippen LogP contribution in [0.1, 0.15) is 77.8 Å². The molecule has 0 aromatic heterocycles. The molecule has 1 rings (SSSR count). The Morgan fingerprint density at radius 2 is 1.81 bits per heavy atom. The summed E-state index contributed by atoms with van der Waals surface area (Å²) in [5.74, 6) is 1.51. The second kappa shape index (κ2) is 7.84. The van der Waals surface area contributed by atoms with Gasteiger partial charge in [0.1, 0.15) is 5.75 Å². The first-order valence-electron chi connectivity index (χ1n) is 8.32. The maximum absolute atomic E-state index is 6.06. The van der Waals surface area contributed by atoms with Crippen molar-refractivity contribution in [3.8, 4) is 5.75 Å². The summed E-state index contributed by atoms with van der Waals surface area (Å²) in [6.45, 7) is 14.0. The SMILES string of the molecule is CCOc1ccc(C(C)(C)C)cc1C(C)CCC(N)CC. The van der Waals surface area contributed by atoms with E-state index in [1.807, 2.05) is 6.92 Å². The van der Waals surface area contributed by atoms with E-state index in [0.717, 1.165) is 25.0 Å². The van der Waals surface area contributed by atoms with E-state index < -0.39 is 0 Å². The maximum atomic E-state index is 6.06. The third kappa shape index (κ3) is 5.35. The average molecular weight is 291 g/mol. The molecule has 0 fully saturated rings. The fourth-order valence-electron chi connectivity index (χ4n) is 2.51. The van der Waals surface area contributed by atoms with E-state index in [1.165, 1.54) is 11.1 Å². The van der Waals surface area contributed by atoms with E-state index in [-0.39, 0.29) is 5.41 Å². The molecule has 1 aromatic carbocycles. The van der Waals surface area contributed by atoms with E-state index in [1.54, 1.807) is 0 Å². The third-order valence-electron chi connectivity index (χ3n) is 4.20. The predicted molar refractivity (Wildman–Crippen MR) is 92.2 cm³/mol. The van der Waals surface area contributed by atoms with Gasteiger partial charge in [-0.3, -0.25) is 0 Å². The summed E-state index contributed by atoms with van der Waals surface area (Å²) in [7, 11) is 0. The molecular weight excluding hydrogens is 258 g/mol. The smallest absolute Gasteiger partial charge is 0.122 e. The second-order valence-electron chi connectivity index (χ2n) is 7.08. The molecule has 0 amide bonds. The summed E-state index contributed by atoms with van der Waals surface area (Å²) >= 11 is 0. The van der Waals surface area contributed by atoms with Crippen LogP contribution in [0.15, 0.2) is 18.2 Å². The van der Waals surface area contributed by atoms with Crippen molar-refractivity contribution in [2.45, 2.75) is 78.2 Å². The Balaban J connectivity index is 2.99. The minimum absolute atomic E-state index is 0.166. The molecule has 0 aliphatic carbocycles. The molecule has 2 atom stereocenters. The Kier molecular flexibility index (Phi) is 6.73. The van der Waals surface area contributed by atoms with Crippen LogP contribution in [0.4, 0.5) is 0 Å². The van der Waals surface area contributed by atoms with Crippen LogP contribution in [0.5, 0.6) is 5.75 Å². The number of hydrogen-bond donors (Lipinski definition) is 1. The molecule has 120 valence electrons. The first kappa shape index (κ1) is 18.0. The highest BCUT2D eigenvalue weighted by atomic mass is 16.5. The largest absolute Gasteiger partial charge is 0.494 e. The Morgan fingerprint density at radius 1 is 1.14 bits per heavy atom. The predicted octanol–water partition coefficient (Wildman–Crippen LogP) is 5.00. The lowest BCUT2D eigenvalue weighted by Gasteiger charge is -2.24. The van der Waals surface area contributed by atoms with E-state index in [4.69, 9.17) is 10.5 Å². The first-order valence-corrected chi connectivity index (χ1v) is 8.32. The molecule has 0 spiro atoms. The van der Waals surface area contributed by atoms with Gasteiger partial charge in [-0.05, 0) is 54.7 Å². The molecule has 0 radical (unpaired) electrons. The molecule has 1 aromatic rings. The highest BCUT2D eigenvalue weighted by molar-refractivity contribution is 5.41. The van der Waals surface area contributed by atoms with E-state index >= 15 is 0 Å². The van der Waals surface area contributed by atoms with Crippen molar-refractivity contribution < 1.29 is 4.74 Å². The molecule has 2 heteroatoms. The topological polar surface area (TPSA) is 35.2 Å². The third-order valence-corrected chi connectivity index (χ3v) is 4.20. The summed E-state index contributed by atoms with van der Waals surface area (Å²) in [6.07, 6.45) is 3.23. The van der Waals surface area contributed by atoms with Crippen molar-refractivity contribution in [3.05, 3.63) is 29.3 Å². The Hall–Kier alpha value is -1.02. The fourth-order valence-corrected chi connectivity index (χ4v) is 2.51. The second-order valence-corrected chi connectivity index (χ2v) is 7.08. The van der Waals surface area contributed by atoms with Crippen LogP contribution in [-0.4, -0.2) is 12.6 Å². The van der Waals surface area contributed by atoms with Crippen LogP contribution >= 0.6 is 0 Å². The van der Waals surface area contributed by atoms with Crippen LogP contribution < -0.4 is 10.5 Å². The molecule has 0 bridgehead atoms. The van der Waals surface area contributed by atoms with Crippen LogP contribution in [0.25, 0.3) is 0 Å². The Bertz CT molecular complexity index is 434. The van der Waals surface area contributed by atoms with Gasteiger partial charge in [0.05, 0.1) is 6.61 Å². The number of rotatable bonds is 7. The van der Waals surface area contributed by atoms with E-state index in [9.17, 15) is 0 Å². The zero-order valence-electron chi connectivity index (χ0n) is 14.7. The minimum atomic E-state index is 0.166. The summed E-state index contributed by atoms with van der Waals surface area (Å²) in [5.41, 5.74) is 8.92. The standard InChI is InChI=1S/C19H33NO/c1-7-16(20)11-9-14(3)17-13-15(19(4,5)6)10-12-18(17)21-8-2/h10,12-14,16H,7-9,11,20H2,1-6H3. The number of benzene rings is 1. The summed E-state index contributed by atoms with van der Waals surface area (Å²) in [4.78, 5) is 0. The lowest BCUT2D eigenvalue weighted by molar-refractivity contribution is 0.333. The lowest BCUT2D eigenvalue weighted by atomic mass is 9.83. The van der Waals surface area contributed by atoms with Crippen LogP contribution in [0.3, 0.4) is 0 Å². The van der Waals surface area contributed by atoms with Crippen molar-refractivity contribution in [3.63, 3.8) is 0 Å². The van der Waals surface area contributed by atoms with Gasteiger partial charge in [-0.25, -0.2) is 0 Å². The van der Waals surface area contributed by atoms with E-state index in [2.05, 4.69) is 52.8 Å². The van der Waals surface area contributed by atoms with Crippen LogP contribution in [0.2, 0.25) is 0 Å². The Morgan fingerprint density at radius 3 is 2.33 bits per heavy atom. The molecule has 2 N–H and O–H groups in total. The zero-order valence-corrected chi connectivity index (χ0v) is 14.7. The molecule has 2 unspecified atom stereocenters. The molecule has 0 heterocycles. The first-order chi connectivity index (χ1) is 9.79. The quantitative estimate of drug-likeness (QED) is 0.767. The molecule has 0 aliphatic rings. The van der Waals surface area contributed by atoms with Crippen LogP contribution in [-0.2, 0) is 5.41 Å². The molecule has 0 saturated heterocycles. The number of nitrogens with two attached hydrogens (primary N) is 1. The fraction of sp³-hybridized carbons (Fsp3) is 0.684. The van der Waals surface area contributed by atoms with Gasteiger partial charge >= 0.3 is 0 Å². The summed E-state index contributed by atoms with van der Waals surface area (Å²) in [5, 5.41) is 0. The summed E-state index contributed by atoms with van der Waals surface area (Å²) in [6, 6.07) is 6.97. The van der Waals surface area contributed by atoms with Gasteiger partial charge in [-0.15, -0.1) is 0 Å². The minimum Gasteiger partial charge on any atom is -0.494 e. The van der Waals surface area contributed by atoms with Gasteiger partial charge in [0.25, 0.3) is 0 Å². The molecular formula is C19H33NO. The van der Waals surface area contributed by atoms with Gasteiger partial charge in [0.15, 0.2) is 0 Å². The molecule has 21 heavy (non-hydrogen) atoms.